The lowest BCUT2D eigenvalue weighted by atomic mass is 10.1. The summed E-state index contributed by atoms with van der Waals surface area (Å²) in [5.74, 6) is 0.928. The van der Waals surface area contributed by atoms with Crippen molar-refractivity contribution in [3.8, 4) is 5.75 Å². The van der Waals surface area contributed by atoms with E-state index in [2.05, 4.69) is 28.0 Å². The van der Waals surface area contributed by atoms with Crippen LogP contribution in [0.25, 0.3) is 0 Å². The minimum Gasteiger partial charge on any atom is -0.484 e. The van der Waals surface area contributed by atoms with E-state index in [-0.39, 0.29) is 24.5 Å². The van der Waals surface area contributed by atoms with Crippen LogP contribution in [0.5, 0.6) is 5.75 Å². The van der Waals surface area contributed by atoms with Crippen LogP contribution in [-0.4, -0.2) is 24.6 Å². The maximum atomic E-state index is 12.4. The van der Waals surface area contributed by atoms with E-state index in [0.717, 1.165) is 22.4 Å². The summed E-state index contributed by atoms with van der Waals surface area (Å²) in [6.45, 7) is 1.85. The number of nitrogens with one attached hydrogen (secondary N) is 2. The Morgan fingerprint density at radius 3 is 2.21 bits per heavy atom. The van der Waals surface area contributed by atoms with Gasteiger partial charge in [0.15, 0.2) is 6.61 Å². The van der Waals surface area contributed by atoms with Gasteiger partial charge >= 0.3 is 0 Å². The summed E-state index contributed by atoms with van der Waals surface area (Å²) in [6, 6.07) is 34.5. The fourth-order valence-electron chi connectivity index (χ4n) is 3.57. The second-order valence-corrected chi connectivity index (χ2v) is 9.60. The Balaban J connectivity index is 1.19. The van der Waals surface area contributed by atoms with Crippen molar-refractivity contribution in [2.24, 2.45) is 5.10 Å². The molecule has 0 unspecified atom stereocenters. The van der Waals surface area contributed by atoms with E-state index in [4.69, 9.17) is 4.74 Å². The summed E-state index contributed by atoms with van der Waals surface area (Å²) in [4.78, 5) is 25.8. The molecule has 1 atom stereocenters. The van der Waals surface area contributed by atoms with Crippen molar-refractivity contribution in [3.05, 3.63) is 131 Å². The lowest BCUT2D eigenvalue weighted by molar-refractivity contribution is -0.123. The predicted molar refractivity (Wildman–Crippen MR) is 152 cm³/mol. The van der Waals surface area contributed by atoms with Crippen LogP contribution in [0.4, 0.5) is 0 Å². The number of hydrogen-bond acceptors (Lipinski definition) is 5. The van der Waals surface area contributed by atoms with Gasteiger partial charge in [-0.3, -0.25) is 9.59 Å². The van der Waals surface area contributed by atoms with Crippen LogP contribution in [0.2, 0.25) is 0 Å². The number of thioether (sulfide) groups is 1. The van der Waals surface area contributed by atoms with E-state index in [1.54, 1.807) is 54.4 Å². The second-order valence-electron chi connectivity index (χ2n) is 8.56. The number of hydrazone groups is 1. The summed E-state index contributed by atoms with van der Waals surface area (Å²) in [7, 11) is 0. The molecule has 0 aromatic heterocycles. The number of carbonyl (C=O) groups is 2. The largest absolute Gasteiger partial charge is 0.484 e. The number of rotatable bonds is 11. The van der Waals surface area contributed by atoms with E-state index in [9.17, 15) is 9.59 Å². The van der Waals surface area contributed by atoms with Crippen LogP contribution >= 0.6 is 11.8 Å². The van der Waals surface area contributed by atoms with Gasteiger partial charge in [0.1, 0.15) is 5.75 Å². The van der Waals surface area contributed by atoms with Crippen LogP contribution in [0.15, 0.2) is 119 Å². The van der Waals surface area contributed by atoms with Crippen LogP contribution in [0, 0.1) is 0 Å². The second kappa shape index (κ2) is 13.8. The molecule has 7 heteroatoms. The van der Waals surface area contributed by atoms with Gasteiger partial charge < -0.3 is 10.1 Å². The molecule has 4 aromatic rings. The third-order valence-corrected chi connectivity index (χ3v) is 6.75. The topological polar surface area (TPSA) is 79.8 Å². The quantitative estimate of drug-likeness (QED) is 0.144. The molecule has 0 bridgehead atoms. The van der Waals surface area contributed by atoms with E-state index >= 15 is 0 Å². The maximum absolute atomic E-state index is 12.4. The van der Waals surface area contributed by atoms with Gasteiger partial charge in [-0.15, -0.1) is 11.8 Å². The molecule has 4 aromatic carbocycles. The number of carbonyl (C=O) groups excluding carboxylic acids is 2. The number of amides is 2. The van der Waals surface area contributed by atoms with Gasteiger partial charge in [-0.2, -0.15) is 5.10 Å². The molecular formula is C31H29N3O3S. The first-order valence-electron chi connectivity index (χ1n) is 12.2. The zero-order valence-electron chi connectivity index (χ0n) is 21.0. The highest BCUT2D eigenvalue weighted by Crippen LogP contribution is 2.22. The fourth-order valence-corrected chi connectivity index (χ4v) is 4.45. The smallest absolute Gasteiger partial charge is 0.271 e. The standard InChI is InChI=1S/C31H29N3O3S/c1-23(26-8-4-2-5-9-26)33-30(35)21-37-28-18-14-24(15-19-28)20-32-34-31(36)27-16-12-25(13-17-27)22-38-29-10-6-3-7-11-29/h2-20,23H,21-22H2,1H3,(H,33,35)(H,34,36)/b32-20-/t23-/m0/s1. The molecular weight excluding hydrogens is 494 g/mol. The molecule has 0 fully saturated rings. The third kappa shape index (κ3) is 8.35. The van der Waals surface area contributed by atoms with Crippen LogP contribution in [0.1, 0.15) is 40.0 Å². The molecule has 2 amide bonds. The first kappa shape index (κ1) is 26.7. The first-order chi connectivity index (χ1) is 18.6. The Hall–Kier alpha value is -4.36. The molecule has 0 aliphatic rings. The number of hydrogen-bond donors (Lipinski definition) is 2. The van der Waals surface area contributed by atoms with Crippen molar-refractivity contribution in [2.45, 2.75) is 23.6 Å². The maximum Gasteiger partial charge on any atom is 0.271 e. The number of nitrogens with zero attached hydrogens (tertiary/aromatic N) is 1. The summed E-state index contributed by atoms with van der Waals surface area (Å²) < 4.78 is 5.58. The molecule has 0 spiro atoms. The van der Waals surface area contributed by atoms with Crippen molar-refractivity contribution < 1.29 is 14.3 Å². The van der Waals surface area contributed by atoms with Crippen molar-refractivity contribution in [2.75, 3.05) is 6.61 Å². The normalized spacial score (nSPS) is 11.6. The minimum atomic E-state index is -0.279. The number of ether oxygens (including phenoxy) is 1. The van der Waals surface area contributed by atoms with Crippen molar-refractivity contribution in [1.29, 1.82) is 0 Å². The average Bonchev–Trinajstić information content (AvgIpc) is 2.97. The molecule has 38 heavy (non-hydrogen) atoms. The predicted octanol–water partition coefficient (Wildman–Crippen LogP) is 6.00. The molecule has 0 radical (unpaired) electrons. The zero-order chi connectivity index (χ0) is 26.6. The lowest BCUT2D eigenvalue weighted by Crippen LogP contribution is -2.31. The van der Waals surface area contributed by atoms with E-state index < -0.39 is 0 Å². The molecule has 192 valence electrons. The van der Waals surface area contributed by atoms with Crippen LogP contribution in [0.3, 0.4) is 0 Å². The highest BCUT2D eigenvalue weighted by molar-refractivity contribution is 7.98. The highest BCUT2D eigenvalue weighted by Gasteiger charge is 2.10. The van der Waals surface area contributed by atoms with E-state index in [1.807, 2.05) is 67.6 Å². The van der Waals surface area contributed by atoms with Gasteiger partial charge in [0, 0.05) is 16.2 Å². The van der Waals surface area contributed by atoms with Crippen molar-refractivity contribution in [3.63, 3.8) is 0 Å². The fraction of sp³-hybridized carbons (Fsp3) is 0.129. The van der Waals surface area contributed by atoms with E-state index in [1.165, 1.54) is 4.90 Å². The van der Waals surface area contributed by atoms with Crippen LogP contribution < -0.4 is 15.5 Å². The molecule has 6 nitrogen and oxygen atoms in total. The molecule has 0 saturated heterocycles. The van der Waals surface area contributed by atoms with Gasteiger partial charge in [0.05, 0.1) is 12.3 Å². The molecule has 0 aliphatic carbocycles. The van der Waals surface area contributed by atoms with Crippen molar-refractivity contribution in [1.82, 2.24) is 10.7 Å². The Bertz CT molecular complexity index is 1340. The molecule has 0 aliphatic heterocycles. The summed E-state index contributed by atoms with van der Waals surface area (Å²) in [5, 5.41) is 6.97. The Kier molecular flexibility index (Phi) is 9.70. The summed E-state index contributed by atoms with van der Waals surface area (Å²) in [5.41, 5.74) is 6.06. The summed E-state index contributed by atoms with van der Waals surface area (Å²) >= 11 is 1.75. The van der Waals surface area contributed by atoms with Crippen molar-refractivity contribution >= 4 is 29.8 Å². The molecule has 2 N–H and O–H groups in total. The summed E-state index contributed by atoms with van der Waals surface area (Å²) in [6.07, 6.45) is 1.56. The highest BCUT2D eigenvalue weighted by atomic mass is 32.2. The van der Waals surface area contributed by atoms with Gasteiger partial charge in [0.25, 0.3) is 11.8 Å². The molecule has 0 saturated carbocycles. The lowest BCUT2D eigenvalue weighted by Gasteiger charge is -2.14. The van der Waals surface area contributed by atoms with Gasteiger partial charge in [-0.05, 0) is 72.1 Å². The first-order valence-corrected chi connectivity index (χ1v) is 13.2. The minimum absolute atomic E-state index is 0.0790. The number of benzene rings is 4. The molecule has 4 rings (SSSR count). The monoisotopic (exact) mass is 523 g/mol. The van der Waals surface area contributed by atoms with E-state index in [0.29, 0.717) is 11.3 Å². The van der Waals surface area contributed by atoms with Gasteiger partial charge in [-0.1, -0.05) is 60.7 Å². The zero-order valence-corrected chi connectivity index (χ0v) is 21.9. The Labute approximate surface area is 227 Å². The Morgan fingerprint density at radius 2 is 1.53 bits per heavy atom. The SMILES string of the molecule is C[C@H](NC(=O)COc1ccc(/C=N\NC(=O)c2ccc(CSc3ccccc3)cc2)cc1)c1ccccc1. The average molecular weight is 524 g/mol. The molecule has 0 heterocycles. The van der Waals surface area contributed by atoms with Gasteiger partial charge in [0.2, 0.25) is 0 Å². The van der Waals surface area contributed by atoms with Gasteiger partial charge in [-0.25, -0.2) is 5.43 Å². The third-order valence-electron chi connectivity index (χ3n) is 5.67. The Morgan fingerprint density at radius 1 is 0.868 bits per heavy atom. The van der Waals surface area contributed by atoms with Crippen LogP contribution in [-0.2, 0) is 10.5 Å².